The maximum atomic E-state index is 11.8. The second kappa shape index (κ2) is 9.04. The number of benzene rings is 1. The second-order valence-corrected chi connectivity index (χ2v) is 6.59. The number of carbonyl (C=O) groups excluding carboxylic acids is 2. The molecule has 1 aromatic carbocycles. The van der Waals surface area contributed by atoms with E-state index in [-0.39, 0.29) is 30.4 Å². The number of nitrogens with zero attached hydrogens (tertiary/aromatic N) is 1. The number of aromatic nitrogens is 1. The number of aliphatic carboxylic acids is 1. The number of hydrogen-bond donors (Lipinski definition) is 3. The van der Waals surface area contributed by atoms with Gasteiger partial charge in [0, 0.05) is 28.6 Å². The highest BCUT2D eigenvalue weighted by Gasteiger charge is 2.08. The van der Waals surface area contributed by atoms with Gasteiger partial charge in [-0.15, -0.1) is 23.1 Å². The van der Waals surface area contributed by atoms with E-state index in [1.165, 1.54) is 23.1 Å². The molecule has 9 heteroatoms. The van der Waals surface area contributed by atoms with E-state index in [1.807, 2.05) is 6.07 Å². The van der Waals surface area contributed by atoms with Crippen molar-refractivity contribution in [1.82, 2.24) is 4.98 Å². The molecule has 0 atom stereocenters. The van der Waals surface area contributed by atoms with Crippen LogP contribution in [0.15, 0.2) is 40.7 Å². The van der Waals surface area contributed by atoms with Crippen molar-refractivity contribution in [2.45, 2.75) is 17.7 Å². The van der Waals surface area contributed by atoms with Gasteiger partial charge in [-0.3, -0.25) is 14.4 Å². The fourth-order valence-electron chi connectivity index (χ4n) is 1.70. The molecule has 0 saturated heterocycles. The Labute approximate surface area is 146 Å². The van der Waals surface area contributed by atoms with Crippen molar-refractivity contribution >= 4 is 51.7 Å². The molecule has 2 aromatic rings. The van der Waals surface area contributed by atoms with Crippen LogP contribution in [0.1, 0.15) is 12.8 Å². The zero-order chi connectivity index (χ0) is 17.4. The summed E-state index contributed by atoms with van der Waals surface area (Å²) in [6.45, 7) is 0. The number of thiazole rings is 1. The molecule has 2 rings (SSSR count). The minimum atomic E-state index is -1.01. The van der Waals surface area contributed by atoms with E-state index >= 15 is 0 Å². The molecule has 3 N–H and O–H groups in total. The predicted molar refractivity (Wildman–Crippen MR) is 93.4 cm³/mol. The number of rotatable bonds is 8. The fourth-order valence-corrected chi connectivity index (χ4v) is 3.00. The smallest absolute Gasteiger partial charge is 0.303 e. The fraction of sp³-hybridized carbons (Fsp3) is 0.200. The molecule has 0 bridgehead atoms. The largest absolute Gasteiger partial charge is 0.481 e. The van der Waals surface area contributed by atoms with Crippen molar-refractivity contribution in [3.05, 3.63) is 35.8 Å². The Kier molecular flexibility index (Phi) is 6.76. The molecule has 0 aliphatic heterocycles. The Morgan fingerprint density at radius 3 is 2.71 bits per heavy atom. The average molecular weight is 365 g/mol. The zero-order valence-electron chi connectivity index (χ0n) is 12.5. The SMILES string of the molecule is O=C(O)CCC(=O)Nc1cccc(SCC(=O)Nc2nccs2)c1. The highest BCUT2D eigenvalue weighted by molar-refractivity contribution is 8.00. The van der Waals surface area contributed by atoms with Gasteiger partial charge < -0.3 is 15.7 Å². The van der Waals surface area contributed by atoms with E-state index in [2.05, 4.69) is 15.6 Å². The Morgan fingerprint density at radius 1 is 1.17 bits per heavy atom. The molecule has 0 aliphatic rings. The van der Waals surface area contributed by atoms with Crippen molar-refractivity contribution in [2.75, 3.05) is 16.4 Å². The van der Waals surface area contributed by atoms with Gasteiger partial charge in [0.05, 0.1) is 12.2 Å². The first kappa shape index (κ1) is 18.0. The summed E-state index contributed by atoms with van der Waals surface area (Å²) in [7, 11) is 0. The number of carboxylic acids is 1. The molecule has 0 spiro atoms. The number of anilines is 2. The molecule has 0 radical (unpaired) electrons. The minimum absolute atomic E-state index is 0.0804. The van der Waals surface area contributed by atoms with Gasteiger partial charge in [-0.25, -0.2) is 4.98 Å². The molecule has 0 saturated carbocycles. The predicted octanol–water partition coefficient (Wildman–Crippen LogP) is 2.68. The average Bonchev–Trinajstić information content (AvgIpc) is 3.04. The number of nitrogens with one attached hydrogen (secondary N) is 2. The lowest BCUT2D eigenvalue weighted by atomic mass is 10.2. The summed E-state index contributed by atoms with van der Waals surface area (Å²) >= 11 is 2.68. The van der Waals surface area contributed by atoms with Gasteiger partial charge in [0.2, 0.25) is 11.8 Å². The highest BCUT2D eigenvalue weighted by Crippen LogP contribution is 2.22. The van der Waals surface area contributed by atoms with E-state index in [0.717, 1.165) is 4.90 Å². The highest BCUT2D eigenvalue weighted by atomic mass is 32.2. The summed E-state index contributed by atoms with van der Waals surface area (Å²) < 4.78 is 0. The molecule has 24 heavy (non-hydrogen) atoms. The minimum Gasteiger partial charge on any atom is -0.481 e. The Morgan fingerprint density at radius 2 is 2.00 bits per heavy atom. The summed E-state index contributed by atoms with van der Waals surface area (Å²) in [5.74, 6) is -1.32. The van der Waals surface area contributed by atoms with Gasteiger partial charge in [-0.05, 0) is 18.2 Å². The van der Waals surface area contributed by atoms with Crippen LogP contribution in [-0.4, -0.2) is 33.6 Å². The molecule has 0 fully saturated rings. The summed E-state index contributed by atoms with van der Waals surface area (Å²) in [5.41, 5.74) is 0.565. The van der Waals surface area contributed by atoms with Crippen LogP contribution in [0.4, 0.5) is 10.8 Å². The number of thioether (sulfide) groups is 1. The zero-order valence-corrected chi connectivity index (χ0v) is 14.2. The quantitative estimate of drug-likeness (QED) is 0.621. The molecule has 1 aromatic heterocycles. The number of amides is 2. The summed E-state index contributed by atoms with van der Waals surface area (Å²) in [4.78, 5) is 38.7. The van der Waals surface area contributed by atoms with Crippen LogP contribution in [0.5, 0.6) is 0 Å². The van der Waals surface area contributed by atoms with Crippen molar-refractivity contribution in [1.29, 1.82) is 0 Å². The van der Waals surface area contributed by atoms with Crippen LogP contribution in [0.25, 0.3) is 0 Å². The van der Waals surface area contributed by atoms with Gasteiger partial charge in [0.25, 0.3) is 0 Å². The van der Waals surface area contributed by atoms with E-state index in [1.54, 1.807) is 29.8 Å². The van der Waals surface area contributed by atoms with Gasteiger partial charge in [-0.2, -0.15) is 0 Å². The topological polar surface area (TPSA) is 108 Å². The molecule has 2 amide bonds. The summed E-state index contributed by atoms with van der Waals surface area (Å²) in [5, 5.41) is 16.2. The first-order valence-electron chi connectivity index (χ1n) is 6.97. The molecule has 7 nitrogen and oxygen atoms in total. The van der Waals surface area contributed by atoms with Gasteiger partial charge in [0.15, 0.2) is 5.13 Å². The first-order valence-corrected chi connectivity index (χ1v) is 8.83. The monoisotopic (exact) mass is 365 g/mol. The Hall–Kier alpha value is -2.39. The van der Waals surface area contributed by atoms with Crippen LogP contribution < -0.4 is 10.6 Å². The Balaban J connectivity index is 1.82. The van der Waals surface area contributed by atoms with Crippen molar-refractivity contribution in [3.63, 3.8) is 0 Å². The van der Waals surface area contributed by atoms with E-state index in [0.29, 0.717) is 10.8 Å². The van der Waals surface area contributed by atoms with Crippen molar-refractivity contribution < 1.29 is 19.5 Å². The normalized spacial score (nSPS) is 10.2. The van der Waals surface area contributed by atoms with Gasteiger partial charge in [0.1, 0.15) is 0 Å². The van der Waals surface area contributed by atoms with E-state index in [4.69, 9.17) is 5.11 Å². The molecular formula is C15H15N3O4S2. The third-order valence-electron chi connectivity index (χ3n) is 2.73. The number of carboxylic acid groups (broad SMARTS) is 1. The molecule has 0 unspecified atom stereocenters. The molecular weight excluding hydrogens is 350 g/mol. The van der Waals surface area contributed by atoms with Crippen LogP contribution >= 0.6 is 23.1 Å². The van der Waals surface area contributed by atoms with Crippen LogP contribution in [0, 0.1) is 0 Å². The maximum absolute atomic E-state index is 11.8. The van der Waals surface area contributed by atoms with Gasteiger partial charge in [-0.1, -0.05) is 6.07 Å². The summed E-state index contributed by atoms with van der Waals surface area (Å²) in [6.07, 6.45) is 1.32. The van der Waals surface area contributed by atoms with Crippen LogP contribution in [-0.2, 0) is 14.4 Å². The lowest BCUT2D eigenvalue weighted by Crippen LogP contribution is -2.14. The van der Waals surface area contributed by atoms with Crippen molar-refractivity contribution in [3.8, 4) is 0 Å². The first-order chi connectivity index (χ1) is 11.5. The summed E-state index contributed by atoms with van der Waals surface area (Å²) in [6, 6.07) is 7.03. The van der Waals surface area contributed by atoms with E-state index < -0.39 is 5.97 Å². The van der Waals surface area contributed by atoms with Crippen LogP contribution in [0.2, 0.25) is 0 Å². The van der Waals surface area contributed by atoms with Crippen LogP contribution in [0.3, 0.4) is 0 Å². The maximum Gasteiger partial charge on any atom is 0.303 e. The standard InChI is InChI=1S/C15H15N3O4S2/c19-12(4-5-14(21)22)17-10-2-1-3-11(8-10)24-9-13(20)18-15-16-6-7-23-15/h1-3,6-8H,4-5,9H2,(H,17,19)(H,21,22)(H,16,18,20). The second-order valence-electron chi connectivity index (χ2n) is 4.64. The number of hydrogen-bond acceptors (Lipinski definition) is 6. The third-order valence-corrected chi connectivity index (χ3v) is 4.41. The molecule has 126 valence electrons. The van der Waals surface area contributed by atoms with E-state index in [9.17, 15) is 14.4 Å². The lowest BCUT2D eigenvalue weighted by Gasteiger charge is -2.07. The lowest BCUT2D eigenvalue weighted by molar-refractivity contribution is -0.138. The third kappa shape index (κ3) is 6.39. The van der Waals surface area contributed by atoms with Gasteiger partial charge >= 0.3 is 5.97 Å². The molecule has 0 aliphatic carbocycles. The van der Waals surface area contributed by atoms with Crippen molar-refractivity contribution in [2.24, 2.45) is 0 Å². The Bertz CT molecular complexity index is 719. The number of carbonyl (C=O) groups is 3. The molecule has 1 heterocycles.